The second kappa shape index (κ2) is 8.91. The third-order valence-corrected chi connectivity index (χ3v) is 6.14. The van der Waals surface area contributed by atoms with Crippen LogP contribution >= 0.6 is 0 Å². The van der Waals surface area contributed by atoms with E-state index >= 15 is 0 Å². The maximum Gasteiger partial charge on any atom is 0.239 e. The molecule has 3 heterocycles. The molecule has 1 fully saturated rings. The van der Waals surface area contributed by atoms with Crippen molar-refractivity contribution in [1.82, 2.24) is 19.8 Å². The molecule has 4 rings (SSSR count). The number of aromatic nitrogens is 2. The van der Waals surface area contributed by atoms with Gasteiger partial charge in [-0.1, -0.05) is 12.1 Å². The van der Waals surface area contributed by atoms with Crippen LogP contribution in [0.3, 0.4) is 0 Å². The van der Waals surface area contributed by atoms with Gasteiger partial charge in [0.1, 0.15) is 17.2 Å². The summed E-state index contributed by atoms with van der Waals surface area (Å²) in [4.78, 5) is 43.4. The van der Waals surface area contributed by atoms with Gasteiger partial charge in [0.2, 0.25) is 11.8 Å². The summed E-state index contributed by atoms with van der Waals surface area (Å²) in [6.45, 7) is 3.69. The number of Topliss-reactive ketones (excluding diaryl/α,β-unsaturated/α-hetero) is 1. The van der Waals surface area contributed by atoms with Crippen molar-refractivity contribution >= 4 is 17.6 Å². The summed E-state index contributed by atoms with van der Waals surface area (Å²) < 4.78 is 8.26. The quantitative estimate of drug-likeness (QED) is 0.717. The lowest BCUT2D eigenvalue weighted by Crippen LogP contribution is -2.44. The molecule has 0 saturated carbocycles. The van der Waals surface area contributed by atoms with Crippen LogP contribution in [0.25, 0.3) is 0 Å². The van der Waals surface area contributed by atoms with Crippen LogP contribution in [0.2, 0.25) is 0 Å². The number of carbonyl (C=O) groups is 3. The van der Waals surface area contributed by atoms with Gasteiger partial charge in [-0.25, -0.2) is 4.98 Å². The first-order valence-corrected chi connectivity index (χ1v) is 10.8. The molecule has 1 aromatic heterocycles. The van der Waals surface area contributed by atoms with Crippen LogP contribution in [0.5, 0.6) is 5.75 Å². The van der Waals surface area contributed by atoms with Gasteiger partial charge in [0.25, 0.3) is 0 Å². The minimum Gasteiger partial charge on any atom is -0.486 e. The predicted octanol–water partition coefficient (Wildman–Crippen LogP) is 2.11. The lowest BCUT2D eigenvalue weighted by molar-refractivity contribution is -0.135. The number of carbonyl (C=O) groups excluding carboxylic acids is 3. The smallest absolute Gasteiger partial charge is 0.239 e. The molecular formula is C23H28N4O4. The molecule has 0 bridgehead atoms. The molecule has 1 N–H and O–H groups in total. The average molecular weight is 425 g/mol. The molecular weight excluding hydrogens is 396 g/mol. The monoisotopic (exact) mass is 424 g/mol. The Labute approximate surface area is 181 Å². The third kappa shape index (κ3) is 4.78. The molecule has 2 aliphatic rings. The van der Waals surface area contributed by atoms with Crippen LogP contribution in [0.15, 0.2) is 36.7 Å². The van der Waals surface area contributed by atoms with E-state index in [4.69, 9.17) is 4.74 Å². The summed E-state index contributed by atoms with van der Waals surface area (Å²) in [5.41, 5.74) is -0.0690. The Hall–Kier alpha value is -3.16. The lowest BCUT2D eigenvalue weighted by Gasteiger charge is -2.37. The highest BCUT2D eigenvalue weighted by molar-refractivity contribution is 6.00. The first-order chi connectivity index (χ1) is 15.0. The fourth-order valence-electron chi connectivity index (χ4n) is 4.32. The molecule has 2 aliphatic heterocycles. The third-order valence-electron chi connectivity index (χ3n) is 6.14. The number of amides is 2. The highest BCUT2D eigenvalue weighted by Crippen LogP contribution is 2.39. The van der Waals surface area contributed by atoms with Gasteiger partial charge < -0.3 is 19.5 Å². The lowest BCUT2D eigenvalue weighted by atomic mass is 9.84. The summed E-state index contributed by atoms with van der Waals surface area (Å²) >= 11 is 0. The van der Waals surface area contributed by atoms with Crippen molar-refractivity contribution in [2.45, 2.75) is 51.2 Å². The molecule has 1 atom stereocenters. The molecule has 1 saturated heterocycles. The minimum atomic E-state index is -0.672. The Morgan fingerprint density at radius 3 is 2.90 bits per heavy atom. The number of para-hydroxylation sites is 1. The van der Waals surface area contributed by atoms with E-state index in [0.29, 0.717) is 37.2 Å². The van der Waals surface area contributed by atoms with Crippen molar-refractivity contribution in [3.05, 3.63) is 48.0 Å². The number of ether oxygens (including phenoxy) is 1. The van der Waals surface area contributed by atoms with E-state index in [1.807, 2.05) is 29.8 Å². The van der Waals surface area contributed by atoms with E-state index in [1.54, 1.807) is 23.2 Å². The normalized spacial score (nSPS) is 20.9. The number of hydrogen-bond acceptors (Lipinski definition) is 5. The van der Waals surface area contributed by atoms with Gasteiger partial charge in [-0.3, -0.25) is 14.4 Å². The van der Waals surface area contributed by atoms with Crippen molar-refractivity contribution in [3.63, 3.8) is 0 Å². The number of benzene rings is 1. The number of nitrogens with one attached hydrogen (secondary N) is 1. The highest BCUT2D eigenvalue weighted by atomic mass is 16.5. The van der Waals surface area contributed by atoms with Gasteiger partial charge in [-0.2, -0.15) is 0 Å². The van der Waals surface area contributed by atoms with Crippen LogP contribution < -0.4 is 10.1 Å². The van der Waals surface area contributed by atoms with E-state index in [-0.39, 0.29) is 37.0 Å². The van der Waals surface area contributed by atoms with Gasteiger partial charge in [0.15, 0.2) is 5.78 Å². The Balaban J connectivity index is 1.29. The van der Waals surface area contributed by atoms with Crippen LogP contribution in [0.1, 0.15) is 48.3 Å². The second-order valence-electron chi connectivity index (χ2n) is 8.32. The molecule has 8 heteroatoms. The largest absolute Gasteiger partial charge is 0.486 e. The van der Waals surface area contributed by atoms with Crippen molar-refractivity contribution < 1.29 is 19.1 Å². The van der Waals surface area contributed by atoms with Crippen molar-refractivity contribution in [2.24, 2.45) is 0 Å². The second-order valence-corrected chi connectivity index (χ2v) is 8.32. The molecule has 8 nitrogen and oxygen atoms in total. The Bertz CT molecular complexity index is 985. The van der Waals surface area contributed by atoms with Crippen molar-refractivity contribution in [3.8, 4) is 5.75 Å². The van der Waals surface area contributed by atoms with Crippen LogP contribution in [-0.2, 0) is 16.1 Å². The highest BCUT2D eigenvalue weighted by Gasteiger charge is 2.43. The average Bonchev–Trinajstić information content (AvgIpc) is 3.11. The number of imidazole rings is 1. The Kier molecular flexibility index (Phi) is 6.06. The van der Waals surface area contributed by atoms with E-state index < -0.39 is 5.60 Å². The molecule has 1 spiro atoms. The zero-order chi connectivity index (χ0) is 21.8. The van der Waals surface area contributed by atoms with Gasteiger partial charge in [-0.15, -0.1) is 0 Å². The van der Waals surface area contributed by atoms with Gasteiger partial charge in [0.05, 0.1) is 18.5 Å². The number of nitrogens with zero attached hydrogens (tertiary/aromatic N) is 3. The van der Waals surface area contributed by atoms with Crippen molar-refractivity contribution in [1.29, 1.82) is 0 Å². The summed E-state index contributed by atoms with van der Waals surface area (Å²) in [6.07, 6.45) is 6.01. The molecule has 1 unspecified atom stereocenters. The van der Waals surface area contributed by atoms with Crippen LogP contribution in [-0.4, -0.2) is 57.3 Å². The fourth-order valence-corrected chi connectivity index (χ4v) is 4.32. The Morgan fingerprint density at radius 1 is 1.26 bits per heavy atom. The van der Waals surface area contributed by atoms with Crippen molar-refractivity contribution in [2.75, 3.05) is 19.6 Å². The zero-order valence-corrected chi connectivity index (χ0v) is 17.8. The summed E-state index contributed by atoms with van der Waals surface area (Å²) in [6, 6.07) is 7.25. The zero-order valence-electron chi connectivity index (χ0n) is 17.8. The maximum absolute atomic E-state index is 12.6. The predicted molar refractivity (Wildman–Crippen MR) is 114 cm³/mol. The molecule has 1 aromatic carbocycles. The number of fused-ring (bicyclic) bond motifs is 1. The van der Waals surface area contributed by atoms with Crippen LogP contribution in [0, 0.1) is 6.92 Å². The fraction of sp³-hybridized carbons (Fsp3) is 0.478. The van der Waals surface area contributed by atoms with E-state index in [2.05, 4.69) is 10.3 Å². The molecule has 0 aliphatic carbocycles. The standard InChI is InChI=1S/C23H28N4O4/c1-17-24-11-14-26(17)12-4-10-25-21(29)16-27-13-9-23(8-7-22(27)30)15-19(28)18-5-2-3-6-20(18)31-23/h2-3,5-6,11,14H,4,7-10,12-13,15-16H2,1H3,(H,25,29). The van der Waals surface area contributed by atoms with E-state index in [0.717, 1.165) is 18.8 Å². The Morgan fingerprint density at radius 2 is 2.10 bits per heavy atom. The molecule has 164 valence electrons. The maximum atomic E-state index is 12.6. The first-order valence-electron chi connectivity index (χ1n) is 10.8. The van der Waals surface area contributed by atoms with Crippen LogP contribution in [0.4, 0.5) is 0 Å². The topological polar surface area (TPSA) is 93.5 Å². The number of ketones is 1. The summed E-state index contributed by atoms with van der Waals surface area (Å²) in [5.74, 6) is 1.34. The molecule has 31 heavy (non-hydrogen) atoms. The minimum absolute atomic E-state index is 0.0313. The summed E-state index contributed by atoms with van der Waals surface area (Å²) in [5, 5.41) is 2.89. The number of rotatable bonds is 6. The summed E-state index contributed by atoms with van der Waals surface area (Å²) in [7, 11) is 0. The molecule has 2 aromatic rings. The molecule has 2 amide bonds. The number of hydrogen-bond donors (Lipinski definition) is 1. The van der Waals surface area contributed by atoms with Gasteiger partial charge >= 0.3 is 0 Å². The first kappa shape index (κ1) is 21.1. The van der Waals surface area contributed by atoms with Gasteiger partial charge in [-0.05, 0) is 31.9 Å². The number of aryl methyl sites for hydroxylation is 2. The van der Waals surface area contributed by atoms with E-state index in [9.17, 15) is 14.4 Å². The van der Waals surface area contributed by atoms with Gasteiger partial charge in [0, 0.05) is 44.9 Å². The SMILES string of the molecule is Cc1nccn1CCCNC(=O)CN1CCC2(CCC1=O)CC(=O)c1ccccc1O2. The number of likely N-dealkylation sites (tertiary alicyclic amines) is 1. The van der Waals surface area contributed by atoms with E-state index in [1.165, 1.54) is 0 Å². The molecule has 0 radical (unpaired) electrons.